The molecule has 1 aromatic heterocycles. The normalized spacial score (nSPS) is 9.09. The van der Waals surface area contributed by atoms with Crippen LogP contribution in [0.3, 0.4) is 0 Å². The minimum absolute atomic E-state index is 0. The number of hydrogen-bond donors (Lipinski definition) is 0. The van der Waals surface area contributed by atoms with Crippen molar-refractivity contribution >= 4 is 23.3 Å². The molecule has 0 saturated heterocycles. The Hall–Kier alpha value is -1.15. The molecule has 2 aromatic rings. The number of halogens is 1. The molecule has 0 bridgehead atoms. The van der Waals surface area contributed by atoms with Crippen molar-refractivity contribution < 1.29 is 0 Å². The van der Waals surface area contributed by atoms with Crippen LogP contribution in [-0.4, -0.2) is 9.97 Å². The van der Waals surface area contributed by atoms with Gasteiger partial charge in [-0.25, -0.2) is 9.97 Å². The summed E-state index contributed by atoms with van der Waals surface area (Å²) >= 11 is 0. The first-order chi connectivity index (χ1) is 4.97. The van der Waals surface area contributed by atoms with Crippen LogP contribution in [0.1, 0.15) is 0 Å². The summed E-state index contributed by atoms with van der Waals surface area (Å²) in [6.07, 6.45) is 3.37. The number of nitrogens with zero attached hydrogens (tertiary/aromatic N) is 2. The van der Waals surface area contributed by atoms with E-state index in [0.29, 0.717) is 0 Å². The van der Waals surface area contributed by atoms with Crippen molar-refractivity contribution in [2.24, 2.45) is 0 Å². The molecule has 11 heavy (non-hydrogen) atoms. The van der Waals surface area contributed by atoms with Gasteiger partial charge in [0.1, 0.15) is 6.33 Å². The van der Waals surface area contributed by atoms with Crippen molar-refractivity contribution in [2.45, 2.75) is 0 Å². The molecule has 0 spiro atoms. The van der Waals surface area contributed by atoms with Gasteiger partial charge in [-0.3, -0.25) is 0 Å². The summed E-state index contributed by atoms with van der Waals surface area (Å²) in [7, 11) is 0. The molecule has 0 aliphatic heterocycles. The monoisotopic (exact) mass is 166 g/mol. The van der Waals surface area contributed by atoms with Gasteiger partial charge < -0.3 is 0 Å². The Balaban J connectivity index is 0.000000605. The van der Waals surface area contributed by atoms with Gasteiger partial charge in [-0.1, -0.05) is 18.2 Å². The molecule has 1 heterocycles. The van der Waals surface area contributed by atoms with Gasteiger partial charge in [-0.15, -0.1) is 12.4 Å². The van der Waals surface area contributed by atoms with E-state index in [9.17, 15) is 0 Å². The molecule has 0 saturated carbocycles. The van der Waals surface area contributed by atoms with E-state index in [0.717, 1.165) is 10.9 Å². The van der Waals surface area contributed by atoms with Crippen LogP contribution in [0, 0.1) is 0 Å². The van der Waals surface area contributed by atoms with Crippen LogP contribution in [0.5, 0.6) is 0 Å². The van der Waals surface area contributed by atoms with Gasteiger partial charge in [0, 0.05) is 11.6 Å². The van der Waals surface area contributed by atoms with Crippen LogP contribution in [0.2, 0.25) is 0 Å². The lowest BCUT2D eigenvalue weighted by molar-refractivity contribution is 1.22. The maximum Gasteiger partial charge on any atom is 0.116 e. The predicted molar refractivity (Wildman–Crippen MR) is 46.8 cm³/mol. The highest BCUT2D eigenvalue weighted by Gasteiger charge is 1.87. The Morgan fingerprint density at radius 1 is 1.09 bits per heavy atom. The molecular formula is C8H7ClN2. The molecule has 3 heteroatoms. The molecule has 0 aliphatic carbocycles. The Labute approximate surface area is 70.7 Å². The van der Waals surface area contributed by atoms with Crippen molar-refractivity contribution in [2.75, 3.05) is 0 Å². The SMILES string of the molecule is Cl.c1ccc2ncncc2c1. The van der Waals surface area contributed by atoms with Crippen molar-refractivity contribution in [3.63, 3.8) is 0 Å². The van der Waals surface area contributed by atoms with Crippen LogP contribution < -0.4 is 0 Å². The Morgan fingerprint density at radius 3 is 2.73 bits per heavy atom. The number of para-hydroxylation sites is 1. The van der Waals surface area contributed by atoms with Crippen LogP contribution in [0.25, 0.3) is 10.9 Å². The van der Waals surface area contributed by atoms with E-state index in [2.05, 4.69) is 9.97 Å². The first kappa shape index (κ1) is 7.95. The largest absolute Gasteiger partial charge is 0.244 e. The molecular weight excluding hydrogens is 160 g/mol. The van der Waals surface area contributed by atoms with Crippen LogP contribution in [0.4, 0.5) is 0 Å². The molecule has 1 aromatic carbocycles. The molecule has 0 amide bonds. The Morgan fingerprint density at radius 2 is 1.91 bits per heavy atom. The van der Waals surface area contributed by atoms with Crippen molar-refractivity contribution in [3.05, 3.63) is 36.8 Å². The average Bonchev–Trinajstić information content (AvgIpc) is 2.05. The highest BCUT2D eigenvalue weighted by atomic mass is 35.5. The van der Waals surface area contributed by atoms with E-state index in [1.807, 2.05) is 30.5 Å². The van der Waals surface area contributed by atoms with E-state index in [1.54, 1.807) is 6.33 Å². The second-order valence-electron chi connectivity index (χ2n) is 2.08. The topological polar surface area (TPSA) is 25.8 Å². The second-order valence-corrected chi connectivity index (χ2v) is 2.08. The summed E-state index contributed by atoms with van der Waals surface area (Å²) in [5, 5.41) is 1.09. The molecule has 0 radical (unpaired) electrons. The van der Waals surface area contributed by atoms with Gasteiger partial charge in [-0.2, -0.15) is 0 Å². The predicted octanol–water partition coefficient (Wildman–Crippen LogP) is 2.05. The summed E-state index contributed by atoms with van der Waals surface area (Å²) in [5.41, 5.74) is 0.998. The Bertz CT molecular complexity index is 283. The number of hydrogen-bond acceptors (Lipinski definition) is 2. The van der Waals surface area contributed by atoms with E-state index < -0.39 is 0 Å². The Kier molecular flexibility index (Phi) is 2.39. The lowest BCUT2D eigenvalue weighted by Gasteiger charge is -1.90. The van der Waals surface area contributed by atoms with E-state index in [-0.39, 0.29) is 12.4 Å². The summed E-state index contributed by atoms with van der Waals surface area (Å²) in [6, 6.07) is 7.91. The van der Waals surface area contributed by atoms with Gasteiger partial charge in [0.05, 0.1) is 5.52 Å². The third-order valence-electron chi connectivity index (χ3n) is 1.41. The lowest BCUT2D eigenvalue weighted by Crippen LogP contribution is -1.77. The average molecular weight is 167 g/mol. The molecule has 0 unspecified atom stereocenters. The molecule has 0 N–H and O–H groups in total. The molecule has 0 aliphatic rings. The third kappa shape index (κ3) is 1.46. The fourth-order valence-corrected chi connectivity index (χ4v) is 0.923. The molecule has 2 rings (SSSR count). The fourth-order valence-electron chi connectivity index (χ4n) is 0.923. The second kappa shape index (κ2) is 3.30. The summed E-state index contributed by atoms with van der Waals surface area (Å²) in [5.74, 6) is 0. The fraction of sp³-hybridized carbons (Fsp3) is 0. The van der Waals surface area contributed by atoms with Crippen LogP contribution >= 0.6 is 12.4 Å². The summed E-state index contributed by atoms with van der Waals surface area (Å²) in [6.45, 7) is 0. The lowest BCUT2D eigenvalue weighted by atomic mass is 10.2. The zero-order valence-electron chi connectivity index (χ0n) is 5.77. The van der Waals surface area contributed by atoms with Gasteiger partial charge >= 0.3 is 0 Å². The van der Waals surface area contributed by atoms with E-state index in [4.69, 9.17) is 0 Å². The maximum atomic E-state index is 4.07. The van der Waals surface area contributed by atoms with Gasteiger partial charge in [0.2, 0.25) is 0 Å². The first-order valence-corrected chi connectivity index (χ1v) is 3.11. The van der Waals surface area contributed by atoms with E-state index >= 15 is 0 Å². The molecule has 0 fully saturated rings. The smallest absolute Gasteiger partial charge is 0.116 e. The van der Waals surface area contributed by atoms with Gasteiger partial charge in [0.15, 0.2) is 0 Å². The first-order valence-electron chi connectivity index (χ1n) is 3.11. The number of fused-ring (bicyclic) bond motifs is 1. The van der Waals surface area contributed by atoms with Gasteiger partial charge in [0.25, 0.3) is 0 Å². The third-order valence-corrected chi connectivity index (χ3v) is 1.41. The quantitative estimate of drug-likeness (QED) is 0.599. The number of aromatic nitrogens is 2. The molecule has 0 atom stereocenters. The highest BCUT2D eigenvalue weighted by Crippen LogP contribution is 2.06. The minimum Gasteiger partial charge on any atom is -0.244 e. The molecule has 56 valence electrons. The maximum absolute atomic E-state index is 4.07. The standard InChI is InChI=1S/C8H6N2.ClH/c1-2-4-8-7(3-1)5-9-6-10-8;/h1-6H;1H. The van der Waals surface area contributed by atoms with Crippen LogP contribution in [-0.2, 0) is 0 Å². The summed E-state index contributed by atoms with van der Waals surface area (Å²) < 4.78 is 0. The summed E-state index contributed by atoms with van der Waals surface area (Å²) in [4.78, 5) is 7.97. The zero-order valence-corrected chi connectivity index (χ0v) is 6.58. The number of benzene rings is 1. The molecule has 2 nitrogen and oxygen atoms in total. The minimum atomic E-state index is 0. The zero-order chi connectivity index (χ0) is 6.81. The highest BCUT2D eigenvalue weighted by molar-refractivity contribution is 5.85. The van der Waals surface area contributed by atoms with Crippen molar-refractivity contribution in [1.82, 2.24) is 9.97 Å². The van der Waals surface area contributed by atoms with Crippen molar-refractivity contribution in [3.8, 4) is 0 Å². The van der Waals surface area contributed by atoms with Crippen molar-refractivity contribution in [1.29, 1.82) is 0 Å². The van der Waals surface area contributed by atoms with Crippen LogP contribution in [0.15, 0.2) is 36.8 Å². The van der Waals surface area contributed by atoms with Gasteiger partial charge in [-0.05, 0) is 6.07 Å². The van der Waals surface area contributed by atoms with E-state index in [1.165, 1.54) is 0 Å². The number of rotatable bonds is 0.